The van der Waals surface area contributed by atoms with Crippen molar-refractivity contribution in [2.45, 2.75) is 71.0 Å². The van der Waals surface area contributed by atoms with Crippen LogP contribution >= 0.6 is 7.82 Å². The highest BCUT2D eigenvalue weighted by Crippen LogP contribution is 2.44. The number of rotatable bonds is 10. The number of carbonyl (C=O) groups excluding carboxylic acids is 5. The van der Waals surface area contributed by atoms with Gasteiger partial charge in [0.25, 0.3) is 0 Å². The van der Waals surface area contributed by atoms with Crippen LogP contribution in [0.15, 0.2) is 0 Å². The molecule has 200 valence electrons. The Labute approximate surface area is 200 Å². The van der Waals surface area contributed by atoms with Gasteiger partial charge < -0.3 is 44.1 Å². The second-order valence-electron chi connectivity index (χ2n) is 7.43. The van der Waals surface area contributed by atoms with E-state index in [4.69, 9.17) is 23.5 Å². The molecule has 0 aliphatic carbocycles. The van der Waals surface area contributed by atoms with Gasteiger partial charge in [-0.25, -0.2) is 9.36 Å². The van der Waals surface area contributed by atoms with Gasteiger partial charge in [0, 0.05) is 27.7 Å². The van der Waals surface area contributed by atoms with Gasteiger partial charge in [0.2, 0.25) is 18.1 Å². The quantitative estimate of drug-likeness (QED) is 0.107. The molecule has 4 N–H and O–H groups in total. The molecule has 0 radical (unpaired) electrons. The largest absolute Gasteiger partial charge is 0.472 e. The first-order chi connectivity index (χ1) is 16.0. The van der Waals surface area contributed by atoms with Crippen molar-refractivity contribution in [3.63, 3.8) is 0 Å². The molecular formula is C18H29N2O14P. The van der Waals surface area contributed by atoms with Gasteiger partial charge in [-0.15, -0.1) is 0 Å². The maximum absolute atomic E-state index is 12.2. The van der Waals surface area contributed by atoms with Crippen LogP contribution in [0.5, 0.6) is 0 Å². The number of ether oxygens (including phenoxy) is 5. The van der Waals surface area contributed by atoms with Gasteiger partial charge in [0.05, 0.1) is 7.11 Å². The van der Waals surface area contributed by atoms with Crippen molar-refractivity contribution < 1.29 is 66.5 Å². The van der Waals surface area contributed by atoms with Gasteiger partial charge in [-0.1, -0.05) is 0 Å². The second kappa shape index (κ2) is 12.4. The molecule has 35 heavy (non-hydrogen) atoms. The maximum atomic E-state index is 12.2. The molecule has 0 spiro atoms. The fraction of sp³-hybridized carbons (Fsp3) is 0.722. The number of hydrogen-bond acceptors (Lipinski definition) is 12. The molecule has 1 saturated heterocycles. The maximum Gasteiger partial charge on any atom is 0.472 e. The number of esters is 3. The van der Waals surface area contributed by atoms with Crippen molar-refractivity contribution in [2.75, 3.05) is 13.7 Å². The molecule has 0 saturated carbocycles. The van der Waals surface area contributed by atoms with Gasteiger partial charge in [-0.2, -0.15) is 0 Å². The first-order valence-electron chi connectivity index (χ1n) is 10.0. The highest BCUT2D eigenvalue weighted by atomic mass is 31.2. The molecule has 1 aliphatic rings. The van der Waals surface area contributed by atoms with Gasteiger partial charge >= 0.3 is 25.7 Å². The van der Waals surface area contributed by atoms with Gasteiger partial charge in [0.15, 0.2) is 17.9 Å². The SMILES string of the molecule is COC(=O)[C@@H](C)O[C@H]1[C@H](OC(C)=O)[C@@H](COC(C)=O)O[C@H](OP(=O)(O)O)C1(NC(C)=O)NC(C)=O. The van der Waals surface area contributed by atoms with E-state index in [0.29, 0.717) is 0 Å². The summed E-state index contributed by atoms with van der Waals surface area (Å²) in [6.07, 6.45) is -8.59. The van der Waals surface area contributed by atoms with Crippen molar-refractivity contribution in [3.8, 4) is 0 Å². The zero-order valence-corrected chi connectivity index (χ0v) is 20.7. The van der Waals surface area contributed by atoms with E-state index in [1.165, 1.54) is 6.92 Å². The molecule has 0 unspecified atom stereocenters. The van der Waals surface area contributed by atoms with Crippen molar-refractivity contribution in [3.05, 3.63) is 0 Å². The third-order valence-corrected chi connectivity index (χ3v) is 4.89. The minimum atomic E-state index is -5.39. The fourth-order valence-electron chi connectivity index (χ4n) is 3.33. The number of amides is 2. The lowest BCUT2D eigenvalue weighted by molar-refractivity contribution is -0.299. The number of phosphoric ester groups is 1. The molecule has 0 aromatic rings. The smallest absolute Gasteiger partial charge is 0.467 e. The van der Waals surface area contributed by atoms with Gasteiger partial charge in [-0.05, 0) is 6.92 Å². The van der Waals surface area contributed by atoms with E-state index in [0.717, 1.165) is 34.8 Å². The predicted octanol–water partition coefficient (Wildman–Crippen LogP) is -1.77. The summed E-state index contributed by atoms with van der Waals surface area (Å²) >= 11 is 0. The van der Waals surface area contributed by atoms with E-state index in [1.807, 2.05) is 0 Å². The van der Waals surface area contributed by atoms with E-state index in [-0.39, 0.29) is 0 Å². The Morgan fingerprint density at radius 1 is 1.03 bits per heavy atom. The van der Waals surface area contributed by atoms with Crippen LogP contribution in [0.2, 0.25) is 0 Å². The summed E-state index contributed by atoms with van der Waals surface area (Å²) in [5, 5.41) is 4.52. The molecule has 0 bridgehead atoms. The van der Waals surface area contributed by atoms with Crippen LogP contribution in [-0.2, 0) is 56.7 Å². The Morgan fingerprint density at radius 3 is 1.97 bits per heavy atom. The number of methoxy groups -OCH3 is 1. The van der Waals surface area contributed by atoms with E-state index >= 15 is 0 Å². The number of nitrogens with one attached hydrogen (secondary N) is 2. The molecule has 0 aromatic heterocycles. The third kappa shape index (κ3) is 8.83. The Morgan fingerprint density at radius 2 is 1.57 bits per heavy atom. The summed E-state index contributed by atoms with van der Waals surface area (Å²) in [6, 6.07) is 0. The monoisotopic (exact) mass is 528 g/mol. The normalized spacial score (nSPS) is 24.5. The first-order valence-corrected chi connectivity index (χ1v) is 11.6. The summed E-state index contributed by atoms with van der Waals surface area (Å²) in [7, 11) is -4.34. The lowest BCUT2D eigenvalue weighted by Crippen LogP contribution is -2.81. The highest BCUT2D eigenvalue weighted by molar-refractivity contribution is 7.46. The minimum absolute atomic E-state index is 0.642. The summed E-state index contributed by atoms with van der Waals surface area (Å²) < 4.78 is 42.5. The standard InChI is InChI=1S/C18H29N2O14P/c1-8(16(25)29-6)31-15-14(32-12(5)24)13(7-30-11(4)23)33-17(34-35(26,27)28)18(15,19-9(2)21)20-10(3)22/h8,13-15,17H,7H2,1-6H3,(H,19,21)(H,20,22)(H2,26,27,28)/t8-,13-,14-,15+,17-/m1/s1. The van der Waals surface area contributed by atoms with Crippen LogP contribution in [0.1, 0.15) is 34.6 Å². The van der Waals surface area contributed by atoms with Crippen LogP contribution in [0, 0.1) is 0 Å². The Bertz CT molecular complexity index is 857. The van der Waals surface area contributed by atoms with Gasteiger partial charge in [0.1, 0.15) is 18.8 Å². The molecule has 16 nitrogen and oxygen atoms in total. The summed E-state index contributed by atoms with van der Waals surface area (Å²) in [5.41, 5.74) is -2.48. The van der Waals surface area contributed by atoms with Crippen LogP contribution in [-0.4, -0.2) is 89.6 Å². The number of hydrogen-bond donors (Lipinski definition) is 4. The van der Waals surface area contributed by atoms with Crippen molar-refractivity contribution in [1.82, 2.24) is 10.6 Å². The first kappa shape index (κ1) is 30.4. The highest BCUT2D eigenvalue weighted by Gasteiger charge is 2.63. The average Bonchev–Trinajstić information content (AvgIpc) is 2.68. The molecule has 1 heterocycles. The molecular weight excluding hydrogens is 499 g/mol. The number of phosphoric acid groups is 1. The average molecular weight is 528 g/mol. The molecule has 1 rings (SSSR count). The Hall–Kier alpha value is -2.62. The molecule has 5 atom stereocenters. The van der Waals surface area contributed by atoms with Gasteiger partial charge in [-0.3, -0.25) is 23.7 Å². The van der Waals surface area contributed by atoms with Crippen LogP contribution in [0.3, 0.4) is 0 Å². The molecule has 0 aromatic carbocycles. The molecule has 1 aliphatic heterocycles. The van der Waals surface area contributed by atoms with Crippen molar-refractivity contribution >= 4 is 37.5 Å². The topological polar surface area (TPSA) is 222 Å². The van der Waals surface area contributed by atoms with Crippen molar-refractivity contribution in [2.24, 2.45) is 0 Å². The summed E-state index contributed by atoms with van der Waals surface area (Å²) in [4.78, 5) is 78.7. The van der Waals surface area contributed by atoms with E-state index in [1.54, 1.807) is 0 Å². The minimum Gasteiger partial charge on any atom is -0.467 e. The second-order valence-corrected chi connectivity index (χ2v) is 8.62. The zero-order valence-electron chi connectivity index (χ0n) is 19.8. The zero-order chi connectivity index (χ0) is 27.1. The lowest BCUT2D eigenvalue weighted by atomic mass is 9.89. The van der Waals surface area contributed by atoms with E-state index in [2.05, 4.69) is 15.4 Å². The molecule has 1 fully saturated rings. The fourth-order valence-corrected chi connectivity index (χ4v) is 3.79. The lowest BCUT2D eigenvalue weighted by Gasteiger charge is -2.53. The Balaban J connectivity index is 3.84. The van der Waals surface area contributed by atoms with Crippen LogP contribution < -0.4 is 10.6 Å². The molecule has 2 amide bonds. The third-order valence-electron chi connectivity index (χ3n) is 4.42. The summed E-state index contributed by atoms with van der Waals surface area (Å²) in [5.74, 6) is -4.38. The molecule has 17 heteroatoms. The van der Waals surface area contributed by atoms with E-state index in [9.17, 15) is 38.3 Å². The predicted molar refractivity (Wildman–Crippen MR) is 111 cm³/mol. The Kier molecular flexibility index (Phi) is 10.8. The van der Waals surface area contributed by atoms with Crippen molar-refractivity contribution in [1.29, 1.82) is 0 Å². The number of carbonyl (C=O) groups is 5. The van der Waals surface area contributed by atoms with Crippen LogP contribution in [0.4, 0.5) is 0 Å². The van der Waals surface area contributed by atoms with Crippen LogP contribution in [0.25, 0.3) is 0 Å². The summed E-state index contributed by atoms with van der Waals surface area (Å²) in [6.45, 7) is 4.62. The van der Waals surface area contributed by atoms with E-state index < -0.39 is 80.5 Å².